The third-order valence-electron chi connectivity index (χ3n) is 3.31. The largest absolute Gasteiger partial charge is 0.253 e. The molecule has 108 valence electrons. The second-order valence-electron chi connectivity index (χ2n) is 5.07. The van der Waals surface area contributed by atoms with Gasteiger partial charge in [-0.05, 0) is 37.6 Å². The fourth-order valence-corrected chi connectivity index (χ4v) is 5.01. The SMILES string of the molecule is Cc1ccc2cccc(CS(=O)(=O)c3ccc(C)s3)c2n1. The molecule has 0 spiro atoms. The van der Waals surface area contributed by atoms with Crippen LogP contribution in [0.4, 0.5) is 0 Å². The van der Waals surface area contributed by atoms with Gasteiger partial charge >= 0.3 is 0 Å². The predicted molar refractivity (Wildman–Crippen MR) is 86.4 cm³/mol. The van der Waals surface area contributed by atoms with Crippen LogP contribution >= 0.6 is 11.3 Å². The number of rotatable bonds is 3. The zero-order chi connectivity index (χ0) is 15.0. The highest BCUT2D eigenvalue weighted by Gasteiger charge is 2.19. The number of hydrogen-bond donors (Lipinski definition) is 0. The number of nitrogens with zero attached hydrogens (tertiary/aromatic N) is 1. The fourth-order valence-electron chi connectivity index (χ4n) is 2.28. The standard InChI is InChI=1S/C16H15NO2S2/c1-11-6-8-13-4-3-5-14(16(13)17-11)10-21(18,19)15-9-7-12(2)20-15/h3-9H,10H2,1-2H3. The Balaban J connectivity index is 2.08. The van der Waals surface area contributed by atoms with Gasteiger partial charge in [0.2, 0.25) is 0 Å². The van der Waals surface area contributed by atoms with Gasteiger partial charge in [-0.25, -0.2) is 8.42 Å². The first kappa shape index (κ1) is 14.2. The predicted octanol–water partition coefficient (Wildman–Crippen LogP) is 3.89. The molecule has 0 atom stereocenters. The van der Waals surface area contributed by atoms with E-state index in [0.29, 0.717) is 4.21 Å². The number of sulfone groups is 1. The van der Waals surface area contributed by atoms with Gasteiger partial charge in [0.25, 0.3) is 0 Å². The molecule has 0 unspecified atom stereocenters. The maximum absolute atomic E-state index is 12.5. The quantitative estimate of drug-likeness (QED) is 0.736. The van der Waals surface area contributed by atoms with Crippen LogP contribution in [0.3, 0.4) is 0 Å². The molecule has 0 amide bonds. The number of pyridine rings is 1. The molecule has 0 N–H and O–H groups in total. The van der Waals surface area contributed by atoms with Crippen molar-refractivity contribution in [2.45, 2.75) is 23.8 Å². The Labute approximate surface area is 128 Å². The van der Waals surface area contributed by atoms with Crippen molar-refractivity contribution in [3.05, 3.63) is 58.6 Å². The summed E-state index contributed by atoms with van der Waals surface area (Å²) in [5.41, 5.74) is 2.41. The van der Waals surface area contributed by atoms with Crippen molar-refractivity contribution in [3.8, 4) is 0 Å². The summed E-state index contributed by atoms with van der Waals surface area (Å²) in [6.07, 6.45) is 0. The van der Waals surface area contributed by atoms with E-state index in [-0.39, 0.29) is 5.75 Å². The topological polar surface area (TPSA) is 47.0 Å². The molecule has 1 aromatic carbocycles. The smallest absolute Gasteiger partial charge is 0.191 e. The van der Waals surface area contributed by atoms with Gasteiger partial charge < -0.3 is 0 Å². The molecule has 0 aliphatic carbocycles. The summed E-state index contributed by atoms with van der Waals surface area (Å²) in [4.78, 5) is 5.50. The highest BCUT2D eigenvalue weighted by Crippen LogP contribution is 2.26. The van der Waals surface area contributed by atoms with E-state index < -0.39 is 9.84 Å². The van der Waals surface area contributed by atoms with E-state index in [1.165, 1.54) is 11.3 Å². The van der Waals surface area contributed by atoms with Crippen LogP contribution in [0.25, 0.3) is 10.9 Å². The molecule has 3 aromatic rings. The Hall–Kier alpha value is -1.72. The first-order valence-electron chi connectivity index (χ1n) is 6.60. The third kappa shape index (κ3) is 2.84. The number of aryl methyl sites for hydroxylation is 2. The molecule has 0 fully saturated rings. The Morgan fingerprint density at radius 3 is 2.57 bits per heavy atom. The lowest BCUT2D eigenvalue weighted by Gasteiger charge is -2.07. The number of thiophene rings is 1. The van der Waals surface area contributed by atoms with Crippen molar-refractivity contribution in [2.75, 3.05) is 0 Å². The summed E-state index contributed by atoms with van der Waals surface area (Å²) in [6, 6.07) is 13.1. The fraction of sp³-hybridized carbons (Fsp3) is 0.188. The van der Waals surface area contributed by atoms with Gasteiger partial charge in [-0.2, -0.15) is 0 Å². The monoisotopic (exact) mass is 317 g/mol. The zero-order valence-electron chi connectivity index (χ0n) is 11.8. The molecule has 0 saturated heterocycles. The molecule has 3 nitrogen and oxygen atoms in total. The van der Waals surface area contributed by atoms with E-state index >= 15 is 0 Å². The lowest BCUT2D eigenvalue weighted by atomic mass is 10.1. The number of hydrogen-bond acceptors (Lipinski definition) is 4. The van der Waals surface area contributed by atoms with E-state index in [0.717, 1.165) is 27.0 Å². The van der Waals surface area contributed by atoms with Gasteiger partial charge in [0, 0.05) is 16.0 Å². The highest BCUT2D eigenvalue weighted by molar-refractivity contribution is 7.92. The van der Waals surface area contributed by atoms with Gasteiger partial charge in [-0.15, -0.1) is 11.3 Å². The van der Waals surface area contributed by atoms with Crippen molar-refractivity contribution in [3.63, 3.8) is 0 Å². The van der Waals surface area contributed by atoms with Gasteiger partial charge in [0.15, 0.2) is 9.84 Å². The average molecular weight is 317 g/mol. The normalized spacial score (nSPS) is 11.9. The second-order valence-corrected chi connectivity index (χ2v) is 8.57. The van der Waals surface area contributed by atoms with E-state index in [4.69, 9.17) is 0 Å². The summed E-state index contributed by atoms with van der Waals surface area (Å²) in [7, 11) is -3.32. The number of para-hydroxylation sites is 1. The Kier molecular flexibility index (Phi) is 3.55. The van der Waals surface area contributed by atoms with Crippen LogP contribution in [0.2, 0.25) is 0 Å². The van der Waals surface area contributed by atoms with Crippen LogP contribution in [0, 0.1) is 13.8 Å². The van der Waals surface area contributed by atoms with Gasteiger partial charge in [0.1, 0.15) is 4.21 Å². The van der Waals surface area contributed by atoms with Crippen molar-refractivity contribution in [1.82, 2.24) is 4.98 Å². The molecule has 0 bridgehead atoms. The molecule has 0 aliphatic heterocycles. The Morgan fingerprint density at radius 2 is 1.86 bits per heavy atom. The zero-order valence-corrected chi connectivity index (χ0v) is 13.5. The summed E-state index contributed by atoms with van der Waals surface area (Å²) >= 11 is 1.31. The first-order valence-corrected chi connectivity index (χ1v) is 9.07. The molecular formula is C16H15NO2S2. The highest BCUT2D eigenvalue weighted by atomic mass is 32.2. The molecule has 0 radical (unpaired) electrons. The molecule has 3 rings (SSSR count). The van der Waals surface area contributed by atoms with E-state index in [9.17, 15) is 8.42 Å². The molecular weight excluding hydrogens is 302 g/mol. The van der Waals surface area contributed by atoms with Crippen molar-refractivity contribution in [1.29, 1.82) is 0 Å². The van der Waals surface area contributed by atoms with Crippen LogP contribution in [0.1, 0.15) is 16.1 Å². The number of fused-ring (bicyclic) bond motifs is 1. The lowest BCUT2D eigenvalue weighted by Crippen LogP contribution is -2.04. The summed E-state index contributed by atoms with van der Waals surface area (Å²) in [6.45, 7) is 3.82. The van der Waals surface area contributed by atoms with Gasteiger partial charge in [-0.3, -0.25) is 4.98 Å². The van der Waals surface area contributed by atoms with Crippen LogP contribution in [-0.4, -0.2) is 13.4 Å². The Morgan fingerprint density at radius 1 is 1.05 bits per heavy atom. The Bertz CT molecular complexity index is 911. The van der Waals surface area contributed by atoms with Crippen molar-refractivity contribution in [2.24, 2.45) is 0 Å². The minimum absolute atomic E-state index is 0.0131. The number of aromatic nitrogens is 1. The van der Waals surface area contributed by atoms with E-state index in [1.807, 2.05) is 50.2 Å². The van der Waals surface area contributed by atoms with Crippen LogP contribution in [0.15, 0.2) is 46.7 Å². The van der Waals surface area contributed by atoms with Gasteiger partial charge in [0.05, 0.1) is 11.3 Å². The van der Waals surface area contributed by atoms with Gasteiger partial charge in [-0.1, -0.05) is 24.3 Å². The molecule has 21 heavy (non-hydrogen) atoms. The van der Waals surface area contributed by atoms with Crippen LogP contribution in [-0.2, 0) is 15.6 Å². The van der Waals surface area contributed by atoms with E-state index in [1.54, 1.807) is 6.07 Å². The van der Waals surface area contributed by atoms with Crippen molar-refractivity contribution >= 4 is 32.1 Å². The minimum Gasteiger partial charge on any atom is -0.253 e. The molecule has 5 heteroatoms. The van der Waals surface area contributed by atoms with Crippen LogP contribution in [0.5, 0.6) is 0 Å². The molecule has 0 saturated carbocycles. The second kappa shape index (κ2) is 5.24. The minimum atomic E-state index is -3.32. The lowest BCUT2D eigenvalue weighted by molar-refractivity contribution is 0.597. The molecule has 2 aromatic heterocycles. The van der Waals surface area contributed by atoms with Crippen molar-refractivity contribution < 1.29 is 8.42 Å². The average Bonchev–Trinajstić information content (AvgIpc) is 2.87. The van der Waals surface area contributed by atoms with E-state index in [2.05, 4.69) is 4.98 Å². The maximum Gasteiger partial charge on any atom is 0.191 e. The summed E-state index contributed by atoms with van der Waals surface area (Å²) in [5, 5.41) is 0.968. The maximum atomic E-state index is 12.5. The summed E-state index contributed by atoms with van der Waals surface area (Å²) in [5.74, 6) is -0.0131. The molecule has 0 aliphatic rings. The summed E-state index contributed by atoms with van der Waals surface area (Å²) < 4.78 is 25.5. The first-order chi connectivity index (χ1) is 9.95. The van der Waals surface area contributed by atoms with Crippen LogP contribution < -0.4 is 0 Å². The molecule has 2 heterocycles. The number of benzene rings is 1. The third-order valence-corrected chi connectivity index (χ3v) is 6.56.